The largest absolute Gasteiger partial charge is 0.451 e. The van der Waals surface area contributed by atoms with E-state index in [-0.39, 0.29) is 21.0 Å². The predicted octanol–water partition coefficient (Wildman–Crippen LogP) is 10.4. The molecule has 4 atom stereocenters. The van der Waals surface area contributed by atoms with Crippen molar-refractivity contribution >= 4 is 96.4 Å². The van der Waals surface area contributed by atoms with Crippen LogP contribution in [0.2, 0.25) is 0 Å². The highest BCUT2D eigenvalue weighted by atomic mass is 79.9. The molecule has 2 nitrogen and oxygen atoms in total. The fourth-order valence-corrected chi connectivity index (χ4v) is 12.5. The Morgan fingerprint density at radius 1 is 0.714 bits per heavy atom. The Morgan fingerprint density at radius 3 is 1.51 bits per heavy atom. The highest BCUT2D eigenvalue weighted by Gasteiger charge is 2.32. The van der Waals surface area contributed by atoms with E-state index in [4.69, 9.17) is 21.2 Å². The number of halogens is 4. The number of benzene rings is 2. The molecule has 0 spiro atoms. The van der Waals surface area contributed by atoms with E-state index in [9.17, 15) is 0 Å². The topological polar surface area (TPSA) is 18.5 Å². The van der Waals surface area contributed by atoms with E-state index in [1.807, 2.05) is 26.0 Å². The minimum atomic E-state index is -0.883. The van der Waals surface area contributed by atoms with E-state index in [1.165, 1.54) is 49.7 Å². The van der Waals surface area contributed by atoms with Gasteiger partial charge < -0.3 is 9.47 Å². The minimum absolute atomic E-state index is 0.0460. The van der Waals surface area contributed by atoms with Crippen molar-refractivity contribution in [2.24, 2.45) is 0 Å². The molecule has 1 aliphatic heterocycles. The predicted molar refractivity (Wildman–Crippen MR) is 171 cm³/mol. The first-order valence-electron chi connectivity index (χ1n) is 11.9. The van der Waals surface area contributed by atoms with Crippen molar-refractivity contribution < 1.29 is 9.47 Å². The summed E-state index contributed by atoms with van der Waals surface area (Å²) in [6, 6.07) is 8.45. The summed E-state index contributed by atoms with van der Waals surface area (Å²) in [5, 5.41) is 1.13. The third-order valence-corrected chi connectivity index (χ3v) is 13.0. The first-order chi connectivity index (χ1) is 16.5. The zero-order valence-electron chi connectivity index (χ0n) is 20.2. The first kappa shape index (κ1) is 28.4. The normalized spacial score (nSPS) is 27.1. The van der Waals surface area contributed by atoms with E-state index in [0.717, 1.165) is 40.9 Å². The molecule has 2 aromatic rings. The summed E-state index contributed by atoms with van der Waals surface area (Å²) < 4.78 is 17.2. The van der Waals surface area contributed by atoms with E-state index >= 15 is 0 Å². The Morgan fingerprint density at radius 2 is 1.11 bits per heavy atom. The summed E-state index contributed by atoms with van der Waals surface area (Å²) in [5.41, 5.74) is 2.33. The van der Waals surface area contributed by atoms with Crippen LogP contribution in [0.15, 0.2) is 42.2 Å². The molecular formula is C27H32Br4O2S2. The molecule has 0 saturated heterocycles. The van der Waals surface area contributed by atoms with Crippen LogP contribution >= 0.6 is 84.7 Å². The van der Waals surface area contributed by atoms with Crippen LogP contribution in [0.5, 0.6) is 11.5 Å². The maximum absolute atomic E-state index is 6.62. The fraction of sp³-hybridized carbons (Fsp3) is 0.481. The van der Waals surface area contributed by atoms with Crippen molar-refractivity contribution in [3.8, 4) is 11.5 Å². The number of hydrogen-bond donors (Lipinski definition) is 0. The average Bonchev–Trinajstić information content (AvgIpc) is 2.72. The third kappa shape index (κ3) is 7.08. The molecule has 2 aliphatic rings. The second-order valence-electron chi connectivity index (χ2n) is 9.79. The van der Waals surface area contributed by atoms with E-state index < -0.39 is 5.79 Å². The molecule has 4 rings (SSSR count). The van der Waals surface area contributed by atoms with E-state index in [0.29, 0.717) is 10.5 Å². The zero-order valence-corrected chi connectivity index (χ0v) is 28.2. The van der Waals surface area contributed by atoms with Crippen LogP contribution in [0.3, 0.4) is 0 Å². The summed E-state index contributed by atoms with van der Waals surface area (Å²) in [7, 11) is -0.0919. The van der Waals surface area contributed by atoms with Gasteiger partial charge in [-0.3, -0.25) is 0 Å². The fourth-order valence-electron chi connectivity index (χ4n) is 4.98. The Hall–Kier alpha value is 0.400. The summed E-state index contributed by atoms with van der Waals surface area (Å²) in [6.45, 7) is 3.95. The summed E-state index contributed by atoms with van der Waals surface area (Å²) in [6.07, 6.45) is 7.69. The van der Waals surface area contributed by atoms with Crippen LogP contribution in [0.1, 0.15) is 63.5 Å². The summed E-state index contributed by atoms with van der Waals surface area (Å²) >= 11 is 14.9. The summed E-state index contributed by atoms with van der Waals surface area (Å²) in [5.74, 6) is 12.1. The lowest BCUT2D eigenvalue weighted by atomic mass is 10.00. The van der Waals surface area contributed by atoms with Crippen molar-refractivity contribution in [2.45, 2.75) is 80.2 Å². The van der Waals surface area contributed by atoms with Gasteiger partial charge in [-0.05, 0) is 69.0 Å². The molecule has 0 bridgehead atoms. The van der Waals surface area contributed by atoms with Gasteiger partial charge in [0.05, 0.1) is 8.95 Å². The number of ether oxygens (including phenoxy) is 2. The molecule has 0 N–H and O–H groups in total. The lowest BCUT2D eigenvalue weighted by Crippen LogP contribution is -2.36. The Kier molecular flexibility index (Phi) is 9.79. The van der Waals surface area contributed by atoms with Crippen LogP contribution in [0, 0.1) is 0 Å². The molecule has 0 amide bonds. The Balaban J connectivity index is 1.88. The lowest BCUT2D eigenvalue weighted by molar-refractivity contribution is -0.0828. The molecule has 2 aromatic carbocycles. The van der Waals surface area contributed by atoms with Gasteiger partial charge in [0, 0.05) is 55.9 Å². The smallest absolute Gasteiger partial charge is 0.245 e. The van der Waals surface area contributed by atoms with E-state index in [1.54, 1.807) is 0 Å². The number of fused-ring (bicyclic) bond motifs is 3. The van der Waals surface area contributed by atoms with Crippen LogP contribution in [-0.2, 0) is 11.5 Å². The van der Waals surface area contributed by atoms with Crippen molar-refractivity contribution in [3.63, 3.8) is 0 Å². The molecule has 8 heteroatoms. The van der Waals surface area contributed by atoms with Gasteiger partial charge >= 0.3 is 0 Å². The van der Waals surface area contributed by atoms with Gasteiger partial charge in [-0.15, -0.1) is 0 Å². The average molecular weight is 772 g/mol. The van der Waals surface area contributed by atoms with E-state index in [2.05, 4.69) is 75.9 Å². The van der Waals surface area contributed by atoms with Crippen molar-refractivity contribution in [1.82, 2.24) is 0 Å². The molecule has 1 fully saturated rings. The molecule has 192 valence electrons. The second-order valence-corrected chi connectivity index (χ2v) is 17.3. The van der Waals surface area contributed by atoms with Crippen molar-refractivity contribution in [2.75, 3.05) is 0 Å². The van der Waals surface area contributed by atoms with Crippen LogP contribution in [-0.4, -0.2) is 28.0 Å². The van der Waals surface area contributed by atoms with Gasteiger partial charge in [-0.2, -0.15) is 21.0 Å². The number of rotatable bonds is 0. The zero-order chi connectivity index (χ0) is 25.3. The summed E-state index contributed by atoms with van der Waals surface area (Å²) in [4.78, 5) is 0. The quantitative estimate of drug-likeness (QED) is 0.248. The molecular weight excluding hydrogens is 740 g/mol. The minimum Gasteiger partial charge on any atom is -0.451 e. The maximum Gasteiger partial charge on any atom is 0.245 e. The lowest BCUT2D eigenvalue weighted by Gasteiger charge is -2.34. The van der Waals surface area contributed by atoms with Gasteiger partial charge in [0.25, 0.3) is 0 Å². The third-order valence-electron chi connectivity index (χ3n) is 6.55. The van der Waals surface area contributed by atoms with Crippen LogP contribution in [0.4, 0.5) is 0 Å². The Labute approximate surface area is 248 Å². The van der Waals surface area contributed by atoms with Crippen LogP contribution in [0.25, 0.3) is 0 Å². The highest BCUT2D eigenvalue weighted by molar-refractivity contribution is 9.11. The molecule has 1 heterocycles. The SMILES string of the molecule is C=S1Cc2cc(Br)cc(Br)c2OC(C)(C)Oc2c(Br)cc(Br)cc2CS(=C)C2CCCCCCC21. The maximum atomic E-state index is 6.62. The standard InChI is InChI=1S/C27H32Br4O2S2/c1-27(2)32-25-17(11-19(28)13-21(25)30)15-34(3)23-9-7-5-6-8-10-24(23)35(4)16-18-12-20(29)14-22(31)26(18)33-27/h11-14,23-24H,3-10,15-16H2,1-2H3. The molecule has 0 radical (unpaired) electrons. The number of hydrogen-bond acceptors (Lipinski definition) is 2. The Bertz CT molecular complexity index is 1060. The van der Waals surface area contributed by atoms with Gasteiger partial charge in [0.15, 0.2) is 0 Å². The monoisotopic (exact) mass is 768 g/mol. The van der Waals surface area contributed by atoms with Crippen molar-refractivity contribution in [3.05, 3.63) is 53.3 Å². The van der Waals surface area contributed by atoms with Gasteiger partial charge in [0.2, 0.25) is 5.79 Å². The highest BCUT2D eigenvalue weighted by Crippen LogP contribution is 2.47. The molecule has 35 heavy (non-hydrogen) atoms. The van der Waals surface area contributed by atoms with Crippen LogP contribution < -0.4 is 9.47 Å². The van der Waals surface area contributed by atoms with Gasteiger partial charge in [0.1, 0.15) is 11.5 Å². The second kappa shape index (κ2) is 12.1. The molecule has 4 unspecified atom stereocenters. The van der Waals surface area contributed by atoms with Crippen molar-refractivity contribution in [1.29, 1.82) is 0 Å². The molecule has 1 saturated carbocycles. The van der Waals surface area contributed by atoms with Gasteiger partial charge in [-0.25, -0.2) is 0 Å². The molecule has 1 aliphatic carbocycles. The van der Waals surface area contributed by atoms with Gasteiger partial charge in [-0.1, -0.05) is 69.3 Å². The first-order valence-corrected chi connectivity index (χ1v) is 18.3. The molecule has 0 aromatic heterocycles.